The number of carbonyl (C=O) groups is 2. The van der Waals surface area contributed by atoms with Crippen LogP contribution in [0.4, 0.5) is 5.13 Å². The third kappa shape index (κ3) is 4.33. The molecule has 0 aliphatic heterocycles. The Kier molecular flexibility index (Phi) is 6.33. The Bertz CT molecular complexity index is 746. The van der Waals surface area contributed by atoms with Crippen molar-refractivity contribution in [3.05, 3.63) is 34.0 Å². The first-order valence-electron chi connectivity index (χ1n) is 7.41. The van der Waals surface area contributed by atoms with Gasteiger partial charge in [-0.15, -0.1) is 11.3 Å². The molecule has 6 nitrogen and oxygen atoms in total. The number of aromatic nitrogens is 2. The normalized spacial score (nSPS) is 10.5. The highest BCUT2D eigenvalue weighted by atomic mass is 32.2. The molecular weight excluding hydrogens is 346 g/mol. The molecule has 8 heteroatoms. The number of hydrogen-bond donors (Lipinski definition) is 1. The number of hydrogen-bond acceptors (Lipinski definition) is 7. The molecule has 1 N–H and O–H groups in total. The second kappa shape index (κ2) is 8.25. The summed E-state index contributed by atoms with van der Waals surface area (Å²) < 4.78 is 5.14. The number of pyridine rings is 1. The largest absolute Gasteiger partial charge is 0.462 e. The summed E-state index contributed by atoms with van der Waals surface area (Å²) in [5.74, 6) is -0.461. The van der Waals surface area contributed by atoms with E-state index in [1.807, 2.05) is 20.8 Å². The van der Waals surface area contributed by atoms with E-state index in [4.69, 9.17) is 4.74 Å². The zero-order valence-corrected chi connectivity index (χ0v) is 15.6. The van der Waals surface area contributed by atoms with Gasteiger partial charge in [0.25, 0.3) is 0 Å². The molecule has 128 valence electrons. The van der Waals surface area contributed by atoms with Gasteiger partial charge in [0.1, 0.15) is 5.03 Å². The average Bonchev–Trinajstić information content (AvgIpc) is 3.03. The molecule has 0 saturated carbocycles. The maximum atomic E-state index is 12.3. The molecule has 2 aromatic rings. The Balaban J connectivity index is 2.19. The number of nitrogens with one attached hydrogen (secondary N) is 1. The van der Waals surface area contributed by atoms with Gasteiger partial charge in [-0.25, -0.2) is 14.8 Å². The molecule has 0 unspecified atom stereocenters. The van der Waals surface area contributed by atoms with Crippen LogP contribution in [0.15, 0.2) is 16.6 Å². The van der Waals surface area contributed by atoms with Crippen LogP contribution in [-0.2, 0) is 9.53 Å². The van der Waals surface area contributed by atoms with E-state index in [9.17, 15) is 9.59 Å². The van der Waals surface area contributed by atoms with Crippen LogP contribution >= 0.6 is 23.1 Å². The minimum atomic E-state index is -0.409. The van der Waals surface area contributed by atoms with E-state index in [1.165, 1.54) is 23.1 Å². The van der Waals surface area contributed by atoms with Crippen LogP contribution in [0.1, 0.15) is 34.1 Å². The zero-order chi connectivity index (χ0) is 17.7. The minimum Gasteiger partial charge on any atom is -0.462 e. The van der Waals surface area contributed by atoms with Crippen molar-refractivity contribution in [1.29, 1.82) is 0 Å². The molecule has 0 saturated heterocycles. The molecule has 2 heterocycles. The summed E-state index contributed by atoms with van der Waals surface area (Å²) in [6, 6.07) is 0. The summed E-state index contributed by atoms with van der Waals surface area (Å²) in [6.07, 6.45) is 1.63. The number of nitrogens with zero attached hydrogens (tertiary/aromatic N) is 2. The van der Waals surface area contributed by atoms with E-state index < -0.39 is 5.97 Å². The van der Waals surface area contributed by atoms with Gasteiger partial charge >= 0.3 is 5.97 Å². The molecule has 2 aromatic heterocycles. The maximum absolute atomic E-state index is 12.3. The van der Waals surface area contributed by atoms with Gasteiger partial charge in [0.15, 0.2) is 5.13 Å². The molecule has 0 fully saturated rings. The number of esters is 1. The van der Waals surface area contributed by atoms with Crippen molar-refractivity contribution < 1.29 is 14.3 Å². The maximum Gasteiger partial charge on any atom is 0.341 e. The van der Waals surface area contributed by atoms with Gasteiger partial charge in [-0.05, 0) is 38.8 Å². The Morgan fingerprint density at radius 1 is 1.29 bits per heavy atom. The molecule has 24 heavy (non-hydrogen) atoms. The first-order chi connectivity index (χ1) is 11.4. The number of thioether (sulfide) groups is 1. The fourth-order valence-corrected chi connectivity index (χ4v) is 3.50. The van der Waals surface area contributed by atoms with Gasteiger partial charge < -0.3 is 10.1 Å². The number of carbonyl (C=O) groups excluding carboxylic acids is 2. The summed E-state index contributed by atoms with van der Waals surface area (Å²) >= 11 is 2.57. The standard InChI is InChI=1S/C16H19N3O3S2/c1-5-22-15(21)13-10(3)9(2)11(4)18-14(13)24-8-12(20)19-16-17-6-7-23-16/h6-7H,5,8H2,1-4H3,(H,17,19,20). The molecule has 0 radical (unpaired) electrons. The van der Waals surface area contributed by atoms with E-state index in [2.05, 4.69) is 15.3 Å². The first-order valence-corrected chi connectivity index (χ1v) is 9.27. The zero-order valence-electron chi connectivity index (χ0n) is 14.0. The summed E-state index contributed by atoms with van der Waals surface area (Å²) in [7, 11) is 0. The fraction of sp³-hybridized carbons (Fsp3) is 0.375. The van der Waals surface area contributed by atoms with Crippen molar-refractivity contribution >= 4 is 40.1 Å². The number of thiazole rings is 1. The van der Waals surface area contributed by atoms with Crippen molar-refractivity contribution in [2.45, 2.75) is 32.7 Å². The third-order valence-electron chi connectivity index (χ3n) is 3.46. The van der Waals surface area contributed by atoms with E-state index in [0.29, 0.717) is 22.3 Å². The van der Waals surface area contributed by atoms with Crippen LogP contribution in [-0.4, -0.2) is 34.2 Å². The fourth-order valence-electron chi connectivity index (χ4n) is 2.03. The van der Waals surface area contributed by atoms with Crippen LogP contribution in [0.25, 0.3) is 0 Å². The van der Waals surface area contributed by atoms with E-state index in [0.717, 1.165) is 16.8 Å². The second-order valence-electron chi connectivity index (χ2n) is 5.02. The van der Waals surface area contributed by atoms with Crippen molar-refractivity contribution in [1.82, 2.24) is 9.97 Å². The van der Waals surface area contributed by atoms with E-state index in [1.54, 1.807) is 18.5 Å². The Morgan fingerprint density at radius 2 is 2.04 bits per heavy atom. The van der Waals surface area contributed by atoms with Gasteiger partial charge in [-0.1, -0.05) is 11.8 Å². The lowest BCUT2D eigenvalue weighted by molar-refractivity contribution is -0.113. The summed E-state index contributed by atoms with van der Waals surface area (Å²) in [4.78, 5) is 32.8. The Hall–Kier alpha value is -1.93. The molecule has 0 aliphatic rings. The number of rotatable bonds is 6. The molecule has 0 aromatic carbocycles. The van der Waals surface area contributed by atoms with E-state index >= 15 is 0 Å². The molecular formula is C16H19N3O3S2. The van der Waals surface area contributed by atoms with Crippen molar-refractivity contribution in [3.8, 4) is 0 Å². The van der Waals surface area contributed by atoms with Crippen molar-refractivity contribution in [2.75, 3.05) is 17.7 Å². The lowest BCUT2D eigenvalue weighted by Gasteiger charge is -2.14. The summed E-state index contributed by atoms with van der Waals surface area (Å²) in [6.45, 7) is 7.73. The predicted octanol–water partition coefficient (Wildman–Crippen LogP) is 3.37. The lowest BCUT2D eigenvalue weighted by Crippen LogP contribution is -2.16. The van der Waals surface area contributed by atoms with Crippen molar-refractivity contribution in [2.24, 2.45) is 0 Å². The number of anilines is 1. The van der Waals surface area contributed by atoms with Crippen LogP contribution in [0.3, 0.4) is 0 Å². The quantitative estimate of drug-likeness (QED) is 0.624. The molecule has 0 aliphatic carbocycles. The number of aryl methyl sites for hydroxylation is 1. The lowest BCUT2D eigenvalue weighted by atomic mass is 10.0. The van der Waals surface area contributed by atoms with Crippen LogP contribution in [0.5, 0.6) is 0 Å². The summed E-state index contributed by atoms with van der Waals surface area (Å²) in [5.41, 5.74) is 3.06. The molecule has 0 atom stereocenters. The predicted molar refractivity (Wildman–Crippen MR) is 95.9 cm³/mol. The molecule has 0 spiro atoms. The highest BCUT2D eigenvalue weighted by Crippen LogP contribution is 2.28. The highest BCUT2D eigenvalue weighted by Gasteiger charge is 2.21. The van der Waals surface area contributed by atoms with Crippen molar-refractivity contribution in [3.63, 3.8) is 0 Å². The van der Waals surface area contributed by atoms with Gasteiger partial charge in [-0.2, -0.15) is 0 Å². The Labute approximate surface area is 149 Å². The van der Waals surface area contributed by atoms with Crippen LogP contribution in [0, 0.1) is 20.8 Å². The van der Waals surface area contributed by atoms with Crippen LogP contribution in [0.2, 0.25) is 0 Å². The first kappa shape index (κ1) is 18.4. The highest BCUT2D eigenvalue weighted by molar-refractivity contribution is 8.00. The van der Waals surface area contributed by atoms with Gasteiger partial charge in [0.2, 0.25) is 5.91 Å². The summed E-state index contributed by atoms with van der Waals surface area (Å²) in [5, 5.41) is 5.57. The Morgan fingerprint density at radius 3 is 2.67 bits per heavy atom. The monoisotopic (exact) mass is 365 g/mol. The SMILES string of the molecule is CCOC(=O)c1c(SCC(=O)Nc2nccs2)nc(C)c(C)c1C. The van der Waals surface area contributed by atoms with Crippen LogP contribution < -0.4 is 5.32 Å². The number of ether oxygens (including phenoxy) is 1. The van der Waals surface area contributed by atoms with Gasteiger partial charge in [0, 0.05) is 17.3 Å². The molecule has 2 rings (SSSR count). The smallest absolute Gasteiger partial charge is 0.341 e. The topological polar surface area (TPSA) is 81.2 Å². The van der Waals surface area contributed by atoms with E-state index in [-0.39, 0.29) is 11.7 Å². The second-order valence-corrected chi connectivity index (χ2v) is 6.88. The van der Waals surface area contributed by atoms with Gasteiger partial charge in [-0.3, -0.25) is 4.79 Å². The molecule has 1 amide bonds. The van der Waals surface area contributed by atoms with Gasteiger partial charge in [0.05, 0.1) is 17.9 Å². The molecule has 0 bridgehead atoms. The number of amides is 1. The third-order valence-corrected chi connectivity index (χ3v) is 5.13. The average molecular weight is 365 g/mol. The minimum absolute atomic E-state index is 0.140.